The van der Waals surface area contributed by atoms with Crippen LogP contribution in [0.2, 0.25) is 0 Å². The molecule has 124 valence electrons. The molecular formula is C17H22N2O4. The Morgan fingerprint density at radius 1 is 1.13 bits per heavy atom. The maximum absolute atomic E-state index is 12.2. The van der Waals surface area contributed by atoms with Crippen molar-refractivity contribution < 1.29 is 19.1 Å². The quantitative estimate of drug-likeness (QED) is 0.609. The number of ether oxygens (including phenoxy) is 1. The molecule has 2 amide bonds. The summed E-state index contributed by atoms with van der Waals surface area (Å²) in [7, 11) is 1.75. The van der Waals surface area contributed by atoms with Gasteiger partial charge in [0.15, 0.2) is 0 Å². The van der Waals surface area contributed by atoms with Crippen molar-refractivity contribution in [2.45, 2.75) is 26.4 Å². The first-order valence-corrected chi connectivity index (χ1v) is 7.54. The van der Waals surface area contributed by atoms with Crippen molar-refractivity contribution in [3.05, 3.63) is 35.4 Å². The highest BCUT2D eigenvalue weighted by atomic mass is 16.6. The summed E-state index contributed by atoms with van der Waals surface area (Å²) in [6.07, 6.45) is 0. The van der Waals surface area contributed by atoms with E-state index in [9.17, 15) is 14.4 Å². The summed E-state index contributed by atoms with van der Waals surface area (Å²) in [5.74, 6) is -0.894. The predicted molar refractivity (Wildman–Crippen MR) is 85.2 cm³/mol. The van der Waals surface area contributed by atoms with Gasteiger partial charge in [0.05, 0.1) is 17.7 Å². The van der Waals surface area contributed by atoms with Gasteiger partial charge in [-0.1, -0.05) is 12.1 Å². The SMILES string of the molecule is CN(CCN1C(=O)c2ccccc2C1=O)CC(=O)OC(C)(C)C. The van der Waals surface area contributed by atoms with E-state index in [1.54, 1.807) is 36.2 Å². The minimum absolute atomic E-state index is 0.112. The molecule has 0 N–H and O–H groups in total. The number of carbonyl (C=O) groups is 3. The first kappa shape index (κ1) is 17.1. The van der Waals surface area contributed by atoms with Crippen LogP contribution in [0.4, 0.5) is 0 Å². The molecule has 1 aliphatic heterocycles. The molecule has 0 saturated heterocycles. The number of fused-ring (bicyclic) bond motifs is 1. The van der Waals surface area contributed by atoms with E-state index in [2.05, 4.69) is 0 Å². The lowest BCUT2D eigenvalue weighted by atomic mass is 10.1. The number of likely N-dealkylation sites (N-methyl/N-ethyl adjacent to an activating group) is 1. The van der Waals surface area contributed by atoms with Gasteiger partial charge >= 0.3 is 5.97 Å². The monoisotopic (exact) mass is 318 g/mol. The molecule has 2 rings (SSSR count). The van der Waals surface area contributed by atoms with Crippen LogP contribution in [-0.4, -0.2) is 59.9 Å². The number of nitrogens with zero attached hydrogens (tertiary/aromatic N) is 2. The molecule has 1 heterocycles. The summed E-state index contributed by atoms with van der Waals surface area (Å²) in [6.45, 7) is 6.19. The highest BCUT2D eigenvalue weighted by molar-refractivity contribution is 6.21. The second-order valence-electron chi connectivity index (χ2n) is 6.63. The molecule has 1 aliphatic rings. The molecule has 0 radical (unpaired) electrons. The Morgan fingerprint density at radius 3 is 2.13 bits per heavy atom. The molecule has 0 bridgehead atoms. The number of hydrogen-bond acceptors (Lipinski definition) is 5. The molecule has 0 unspecified atom stereocenters. The Morgan fingerprint density at radius 2 is 1.65 bits per heavy atom. The van der Waals surface area contributed by atoms with E-state index in [4.69, 9.17) is 4.74 Å². The van der Waals surface area contributed by atoms with Crippen LogP contribution >= 0.6 is 0 Å². The first-order chi connectivity index (χ1) is 10.7. The molecule has 0 aromatic heterocycles. The molecule has 0 saturated carbocycles. The van der Waals surface area contributed by atoms with Gasteiger partial charge in [-0.25, -0.2) is 0 Å². The normalized spacial score (nSPS) is 14.4. The number of amides is 2. The minimum Gasteiger partial charge on any atom is -0.459 e. The first-order valence-electron chi connectivity index (χ1n) is 7.54. The molecule has 0 fully saturated rings. The van der Waals surface area contributed by atoms with E-state index < -0.39 is 5.60 Å². The fourth-order valence-electron chi connectivity index (χ4n) is 2.39. The van der Waals surface area contributed by atoms with E-state index in [1.807, 2.05) is 20.8 Å². The molecule has 6 heteroatoms. The van der Waals surface area contributed by atoms with Crippen LogP contribution in [0.5, 0.6) is 0 Å². The summed E-state index contributed by atoms with van der Waals surface area (Å²) >= 11 is 0. The highest BCUT2D eigenvalue weighted by Gasteiger charge is 2.34. The number of benzene rings is 1. The summed E-state index contributed by atoms with van der Waals surface area (Å²) < 4.78 is 5.25. The molecule has 1 aromatic carbocycles. The topological polar surface area (TPSA) is 66.9 Å². The van der Waals surface area contributed by atoms with Gasteiger partial charge in [-0.3, -0.25) is 24.2 Å². The zero-order valence-electron chi connectivity index (χ0n) is 14.0. The lowest BCUT2D eigenvalue weighted by molar-refractivity contribution is -0.155. The van der Waals surface area contributed by atoms with Crippen molar-refractivity contribution in [3.63, 3.8) is 0 Å². The summed E-state index contributed by atoms with van der Waals surface area (Å²) in [6, 6.07) is 6.78. The van der Waals surface area contributed by atoms with Crippen LogP contribution < -0.4 is 0 Å². The van der Waals surface area contributed by atoms with Crippen LogP contribution in [0, 0.1) is 0 Å². The third-order valence-corrected chi connectivity index (χ3v) is 3.40. The smallest absolute Gasteiger partial charge is 0.320 e. The summed E-state index contributed by atoms with van der Waals surface area (Å²) in [5, 5.41) is 0. The van der Waals surface area contributed by atoms with E-state index in [-0.39, 0.29) is 30.9 Å². The zero-order chi connectivity index (χ0) is 17.2. The molecule has 0 atom stereocenters. The van der Waals surface area contributed by atoms with Gasteiger partial charge in [-0.05, 0) is 40.0 Å². The van der Waals surface area contributed by atoms with Crippen LogP contribution in [0.25, 0.3) is 0 Å². The number of hydrogen-bond donors (Lipinski definition) is 0. The van der Waals surface area contributed by atoms with E-state index in [0.717, 1.165) is 0 Å². The zero-order valence-corrected chi connectivity index (χ0v) is 14.0. The molecule has 0 aliphatic carbocycles. The van der Waals surface area contributed by atoms with Crippen molar-refractivity contribution >= 4 is 17.8 Å². The Balaban J connectivity index is 1.89. The molecule has 0 spiro atoms. The summed E-state index contributed by atoms with van der Waals surface area (Å²) in [5.41, 5.74) is 0.347. The van der Waals surface area contributed by atoms with Gasteiger partial charge < -0.3 is 4.74 Å². The Kier molecular flexibility index (Phi) is 4.85. The average molecular weight is 318 g/mol. The van der Waals surface area contributed by atoms with E-state index in [1.165, 1.54) is 4.90 Å². The second kappa shape index (κ2) is 6.50. The highest BCUT2D eigenvalue weighted by Crippen LogP contribution is 2.21. The Labute approximate surface area is 136 Å². The molecule has 1 aromatic rings. The van der Waals surface area contributed by atoms with Gasteiger partial charge in [0.25, 0.3) is 11.8 Å². The number of carbonyl (C=O) groups excluding carboxylic acids is 3. The van der Waals surface area contributed by atoms with Crippen LogP contribution in [-0.2, 0) is 9.53 Å². The van der Waals surface area contributed by atoms with Crippen LogP contribution in [0.15, 0.2) is 24.3 Å². The van der Waals surface area contributed by atoms with E-state index >= 15 is 0 Å². The van der Waals surface area contributed by atoms with Crippen molar-refractivity contribution in [3.8, 4) is 0 Å². The van der Waals surface area contributed by atoms with Crippen LogP contribution in [0.1, 0.15) is 41.5 Å². The number of imide groups is 1. The maximum Gasteiger partial charge on any atom is 0.320 e. The second-order valence-corrected chi connectivity index (χ2v) is 6.63. The van der Waals surface area contributed by atoms with E-state index in [0.29, 0.717) is 17.7 Å². The third-order valence-electron chi connectivity index (χ3n) is 3.40. The van der Waals surface area contributed by atoms with Gasteiger partial charge in [-0.2, -0.15) is 0 Å². The lowest BCUT2D eigenvalue weighted by Gasteiger charge is -2.23. The standard InChI is InChI=1S/C17H22N2O4/c1-17(2,3)23-14(20)11-18(4)9-10-19-15(21)12-7-5-6-8-13(12)16(19)22/h5-8H,9-11H2,1-4H3. The van der Waals surface area contributed by atoms with Crippen LogP contribution in [0.3, 0.4) is 0 Å². The Bertz CT molecular complexity index is 599. The fourth-order valence-corrected chi connectivity index (χ4v) is 2.39. The minimum atomic E-state index is -0.527. The third kappa shape index (κ3) is 4.16. The van der Waals surface area contributed by atoms with Gasteiger partial charge in [0, 0.05) is 13.1 Å². The molecule has 6 nitrogen and oxygen atoms in total. The fraction of sp³-hybridized carbons (Fsp3) is 0.471. The average Bonchev–Trinajstić information content (AvgIpc) is 2.67. The predicted octanol–water partition coefficient (Wildman–Crippen LogP) is 1.56. The number of rotatable bonds is 5. The number of esters is 1. The van der Waals surface area contributed by atoms with Gasteiger partial charge in [-0.15, -0.1) is 0 Å². The molecule has 23 heavy (non-hydrogen) atoms. The van der Waals surface area contributed by atoms with Gasteiger partial charge in [0.1, 0.15) is 5.60 Å². The Hall–Kier alpha value is -2.21. The van der Waals surface area contributed by atoms with Gasteiger partial charge in [0.2, 0.25) is 0 Å². The lowest BCUT2D eigenvalue weighted by Crippen LogP contribution is -2.39. The maximum atomic E-state index is 12.2. The van der Waals surface area contributed by atoms with Crippen molar-refractivity contribution in [2.75, 3.05) is 26.7 Å². The largest absolute Gasteiger partial charge is 0.459 e. The van der Waals surface area contributed by atoms with Crippen molar-refractivity contribution in [1.82, 2.24) is 9.80 Å². The molecular weight excluding hydrogens is 296 g/mol. The van der Waals surface area contributed by atoms with Crippen molar-refractivity contribution in [1.29, 1.82) is 0 Å². The van der Waals surface area contributed by atoms with Crippen molar-refractivity contribution in [2.24, 2.45) is 0 Å². The summed E-state index contributed by atoms with van der Waals surface area (Å²) in [4.78, 5) is 39.2.